The van der Waals surface area contributed by atoms with Gasteiger partial charge in [0, 0.05) is 22.5 Å². The average molecular weight is 538 g/mol. The van der Waals surface area contributed by atoms with Crippen molar-refractivity contribution in [3.8, 4) is 0 Å². The molecule has 202 valence electrons. The highest BCUT2D eigenvalue weighted by Crippen LogP contribution is 2.24. The van der Waals surface area contributed by atoms with Crippen LogP contribution in [-0.2, 0) is 13.3 Å². The van der Waals surface area contributed by atoms with Crippen LogP contribution in [0.15, 0.2) is 17.8 Å². The summed E-state index contributed by atoms with van der Waals surface area (Å²) in [4.78, 5) is 0. The van der Waals surface area contributed by atoms with Gasteiger partial charge in [-0.1, -0.05) is 19.1 Å². The van der Waals surface area contributed by atoms with E-state index in [1.54, 1.807) is 0 Å². The second-order valence-electron chi connectivity index (χ2n) is 14.2. The molecule has 1 aromatic rings. The van der Waals surface area contributed by atoms with Crippen molar-refractivity contribution < 1.29 is 13.3 Å². The molecule has 0 bridgehead atoms. The van der Waals surface area contributed by atoms with Gasteiger partial charge in [0.2, 0.25) is 25.0 Å². The molecule has 0 amide bonds. The predicted molar refractivity (Wildman–Crippen MR) is 163 cm³/mol. The van der Waals surface area contributed by atoms with Gasteiger partial charge in [0.15, 0.2) is 0 Å². The number of hydrogen-bond donors (Lipinski definition) is 1. The summed E-state index contributed by atoms with van der Waals surface area (Å²) < 4.78 is 20.4. The van der Waals surface area contributed by atoms with Crippen LogP contribution in [0, 0.1) is 0 Å². The normalized spacial score (nSPS) is 15.0. The van der Waals surface area contributed by atoms with Crippen molar-refractivity contribution in [3.63, 3.8) is 0 Å². The molecule has 4 nitrogen and oxygen atoms in total. The topological polar surface area (TPSA) is 53.7 Å². The Morgan fingerprint density at radius 1 is 0.657 bits per heavy atom. The van der Waals surface area contributed by atoms with E-state index in [1.165, 1.54) is 21.1 Å². The van der Waals surface area contributed by atoms with E-state index in [2.05, 4.69) is 127 Å². The van der Waals surface area contributed by atoms with Gasteiger partial charge < -0.3 is 19.0 Å². The first-order valence-corrected chi connectivity index (χ1v) is 21.8. The van der Waals surface area contributed by atoms with Gasteiger partial charge in [-0.3, -0.25) is 0 Å². The second-order valence-corrected chi connectivity index (χ2v) is 25.5. The van der Waals surface area contributed by atoms with E-state index >= 15 is 0 Å². The van der Waals surface area contributed by atoms with Crippen LogP contribution >= 0.6 is 0 Å². The largest absolute Gasteiger partial charge is 0.408 e. The Balaban J connectivity index is 4.13. The molecule has 0 radical (unpaired) electrons. The third-order valence-corrected chi connectivity index (χ3v) is 14.3. The van der Waals surface area contributed by atoms with Crippen LogP contribution in [0.1, 0.15) is 81.2 Å². The summed E-state index contributed by atoms with van der Waals surface area (Å²) in [5.41, 5.74) is 7.76. The number of hydrogen-bond acceptors (Lipinski definition) is 4. The molecule has 0 aliphatic heterocycles. The summed E-state index contributed by atoms with van der Waals surface area (Å²) in [6, 6.07) is 4.79. The summed E-state index contributed by atoms with van der Waals surface area (Å²) in [6.07, 6.45) is 2.97. The van der Waals surface area contributed by atoms with E-state index in [9.17, 15) is 0 Å². The molecule has 1 aromatic carbocycles. The SMILES string of the molecule is CC/C(N)=C/c1cc([Si](C)(C)OC(C)(C)C)c([Si](C)(C)OC(C)(C)C)cc1[Si](C)(C)OC(C)(C)C. The minimum Gasteiger partial charge on any atom is -0.408 e. The zero-order chi connectivity index (χ0) is 27.8. The van der Waals surface area contributed by atoms with Crippen molar-refractivity contribution in [2.45, 2.75) is 132 Å². The maximum absolute atomic E-state index is 6.83. The number of benzene rings is 1. The van der Waals surface area contributed by atoms with Gasteiger partial charge in [0.25, 0.3) is 0 Å². The highest BCUT2D eigenvalue weighted by molar-refractivity contribution is 6.95. The molecule has 35 heavy (non-hydrogen) atoms. The maximum Gasteiger partial charge on any atom is 0.219 e. The van der Waals surface area contributed by atoms with Crippen molar-refractivity contribution in [2.75, 3.05) is 0 Å². The molecule has 0 saturated heterocycles. The number of rotatable bonds is 8. The molecule has 2 N–H and O–H groups in total. The Hall–Kier alpha value is -0.709. The molecule has 0 heterocycles. The lowest BCUT2D eigenvalue weighted by Gasteiger charge is -2.40. The van der Waals surface area contributed by atoms with Gasteiger partial charge in [0.05, 0.1) is 0 Å². The van der Waals surface area contributed by atoms with Crippen LogP contribution in [0.3, 0.4) is 0 Å². The average Bonchev–Trinajstić information content (AvgIpc) is 2.54. The zero-order valence-corrected chi connectivity index (χ0v) is 28.7. The second kappa shape index (κ2) is 10.6. The Bertz CT molecular complexity index is 915. The van der Waals surface area contributed by atoms with E-state index in [-0.39, 0.29) is 16.8 Å². The summed E-state index contributed by atoms with van der Waals surface area (Å²) in [5.74, 6) is 0. The fourth-order valence-corrected chi connectivity index (χ4v) is 15.7. The maximum atomic E-state index is 6.83. The van der Waals surface area contributed by atoms with Crippen LogP contribution in [0.2, 0.25) is 39.3 Å². The van der Waals surface area contributed by atoms with E-state index in [0.717, 1.165) is 12.1 Å². The molecule has 0 unspecified atom stereocenters. The van der Waals surface area contributed by atoms with E-state index < -0.39 is 25.0 Å². The first kappa shape index (κ1) is 32.3. The minimum atomic E-state index is -2.32. The van der Waals surface area contributed by atoms with E-state index in [1.807, 2.05) is 0 Å². The Labute approximate surface area is 220 Å². The fourth-order valence-electron chi connectivity index (χ4n) is 5.02. The summed E-state index contributed by atoms with van der Waals surface area (Å²) in [5, 5.41) is 3.92. The van der Waals surface area contributed by atoms with Crippen LogP contribution in [0.25, 0.3) is 6.08 Å². The Kier molecular flexibility index (Phi) is 9.77. The monoisotopic (exact) mass is 537 g/mol. The molecule has 0 aliphatic carbocycles. The molecule has 0 aromatic heterocycles. The first-order chi connectivity index (χ1) is 15.3. The lowest BCUT2D eigenvalue weighted by Crippen LogP contribution is -2.66. The molecule has 0 fully saturated rings. The van der Waals surface area contributed by atoms with Crippen molar-refractivity contribution in [1.29, 1.82) is 0 Å². The first-order valence-electron chi connectivity index (χ1n) is 13.1. The quantitative estimate of drug-likeness (QED) is 0.408. The fraction of sp³-hybridized carbons (Fsp3) is 0.714. The molecule has 0 saturated carbocycles. The van der Waals surface area contributed by atoms with Gasteiger partial charge in [-0.15, -0.1) is 0 Å². The van der Waals surface area contributed by atoms with E-state index in [4.69, 9.17) is 19.0 Å². The van der Waals surface area contributed by atoms with Crippen LogP contribution < -0.4 is 21.3 Å². The molecule has 7 heteroatoms. The third-order valence-electron chi connectivity index (χ3n) is 5.57. The van der Waals surface area contributed by atoms with Gasteiger partial charge in [0.1, 0.15) is 0 Å². The third kappa shape index (κ3) is 9.93. The molecule has 0 atom stereocenters. The van der Waals surface area contributed by atoms with Gasteiger partial charge in [-0.2, -0.15) is 0 Å². The van der Waals surface area contributed by atoms with Crippen molar-refractivity contribution in [2.24, 2.45) is 5.73 Å². The van der Waals surface area contributed by atoms with Crippen molar-refractivity contribution in [3.05, 3.63) is 23.4 Å². The molecule has 0 aliphatic rings. The predicted octanol–water partition coefficient (Wildman–Crippen LogP) is 6.08. The smallest absolute Gasteiger partial charge is 0.219 e. The van der Waals surface area contributed by atoms with E-state index in [0.29, 0.717) is 0 Å². The Morgan fingerprint density at radius 3 is 1.29 bits per heavy atom. The lowest BCUT2D eigenvalue weighted by atomic mass is 10.1. The highest BCUT2D eigenvalue weighted by atomic mass is 28.4. The van der Waals surface area contributed by atoms with Crippen LogP contribution in [0.4, 0.5) is 0 Å². The highest BCUT2D eigenvalue weighted by Gasteiger charge is 2.42. The summed E-state index contributed by atoms with van der Waals surface area (Å²) in [6.45, 7) is 35.3. The van der Waals surface area contributed by atoms with Crippen LogP contribution in [-0.4, -0.2) is 41.8 Å². The standard InChI is InChI=1S/C28H55NO3Si3/c1-17-22(29)18-21-19-24(34(13,14)31-27(5,6)7)25(35(15,16)32-28(8,9)10)20-23(21)33(11,12)30-26(2,3)4/h18-20H,17,29H2,1-16H3/b22-18-. The lowest BCUT2D eigenvalue weighted by molar-refractivity contribution is 0.123. The van der Waals surface area contributed by atoms with Gasteiger partial charge >= 0.3 is 0 Å². The van der Waals surface area contributed by atoms with Gasteiger partial charge in [-0.25, -0.2) is 0 Å². The number of allylic oxidation sites excluding steroid dienone is 1. The molecule has 0 spiro atoms. The summed E-state index contributed by atoms with van der Waals surface area (Å²) in [7, 11) is -6.92. The number of nitrogens with two attached hydrogens (primary N) is 1. The Morgan fingerprint density at radius 2 is 0.971 bits per heavy atom. The van der Waals surface area contributed by atoms with Crippen LogP contribution in [0.5, 0.6) is 0 Å². The summed E-state index contributed by atoms with van der Waals surface area (Å²) >= 11 is 0. The van der Waals surface area contributed by atoms with Crippen molar-refractivity contribution in [1.82, 2.24) is 0 Å². The zero-order valence-electron chi connectivity index (χ0n) is 25.7. The van der Waals surface area contributed by atoms with Gasteiger partial charge in [-0.05, 0) is 135 Å². The molecular weight excluding hydrogens is 483 g/mol. The van der Waals surface area contributed by atoms with Crippen molar-refractivity contribution >= 4 is 46.6 Å². The molecular formula is C28H55NO3Si3. The minimum absolute atomic E-state index is 0.232. The molecule has 1 rings (SSSR count).